The molecule has 1 unspecified atom stereocenters. The highest BCUT2D eigenvalue weighted by molar-refractivity contribution is 5.82. The maximum Gasteiger partial charge on any atom is 0.0708 e. The average Bonchev–Trinajstić information content (AvgIpc) is 2.44. The topological polar surface area (TPSA) is 48.1 Å². The number of aryl methyl sites for hydroxylation is 1. The summed E-state index contributed by atoms with van der Waals surface area (Å²) in [6.07, 6.45) is 1.83. The number of rotatable bonds is 5. The van der Waals surface area contributed by atoms with Gasteiger partial charge in [-0.05, 0) is 51.3 Å². The average molecular weight is 272 g/mol. The Morgan fingerprint density at radius 1 is 1.30 bits per heavy atom. The Morgan fingerprint density at radius 2 is 2.00 bits per heavy atom. The molecule has 0 spiro atoms. The first-order valence-electron chi connectivity index (χ1n) is 7.10. The largest absolute Gasteiger partial charge is 0.379 e. The van der Waals surface area contributed by atoms with Crippen molar-refractivity contribution >= 4 is 10.9 Å². The molecule has 2 N–H and O–H groups in total. The van der Waals surface area contributed by atoms with Crippen LogP contribution in [-0.2, 0) is 4.74 Å². The molecule has 0 saturated heterocycles. The van der Waals surface area contributed by atoms with E-state index in [-0.39, 0.29) is 11.6 Å². The highest BCUT2D eigenvalue weighted by Crippen LogP contribution is 2.28. The maximum absolute atomic E-state index is 6.41. The van der Waals surface area contributed by atoms with E-state index in [1.807, 2.05) is 25.1 Å². The van der Waals surface area contributed by atoms with E-state index in [4.69, 9.17) is 10.5 Å². The summed E-state index contributed by atoms with van der Waals surface area (Å²) in [6.45, 7) is 6.20. The van der Waals surface area contributed by atoms with Crippen molar-refractivity contribution < 1.29 is 4.74 Å². The Morgan fingerprint density at radius 3 is 2.70 bits per heavy atom. The Bertz CT molecular complexity index is 593. The molecule has 0 bridgehead atoms. The van der Waals surface area contributed by atoms with Crippen LogP contribution in [0.5, 0.6) is 0 Å². The molecule has 1 heterocycles. The van der Waals surface area contributed by atoms with Gasteiger partial charge in [0.1, 0.15) is 0 Å². The molecular weight excluding hydrogens is 248 g/mol. The summed E-state index contributed by atoms with van der Waals surface area (Å²) in [4.78, 5) is 4.56. The van der Waals surface area contributed by atoms with E-state index in [1.54, 1.807) is 7.11 Å². The van der Waals surface area contributed by atoms with Gasteiger partial charge in [0.2, 0.25) is 0 Å². The van der Waals surface area contributed by atoms with E-state index in [1.165, 1.54) is 5.56 Å². The normalized spacial score (nSPS) is 13.7. The van der Waals surface area contributed by atoms with Crippen LogP contribution < -0.4 is 5.73 Å². The van der Waals surface area contributed by atoms with Crippen molar-refractivity contribution in [1.82, 2.24) is 4.98 Å². The molecule has 0 aliphatic carbocycles. The Labute approximate surface area is 121 Å². The highest BCUT2D eigenvalue weighted by atomic mass is 16.5. The minimum atomic E-state index is -0.129. The summed E-state index contributed by atoms with van der Waals surface area (Å²) < 4.78 is 5.47. The third kappa shape index (κ3) is 3.35. The number of nitrogens with two attached hydrogens (primary N) is 1. The molecule has 0 aliphatic heterocycles. The number of methoxy groups -OCH3 is 1. The Hall–Kier alpha value is -1.45. The fourth-order valence-electron chi connectivity index (χ4n) is 2.41. The van der Waals surface area contributed by atoms with Crippen LogP contribution in [0.25, 0.3) is 10.9 Å². The molecule has 0 fully saturated rings. The van der Waals surface area contributed by atoms with Gasteiger partial charge in [0.25, 0.3) is 0 Å². The number of hydrogen-bond acceptors (Lipinski definition) is 3. The molecule has 0 aliphatic rings. The standard InChI is InChI=1S/C17H24N2O/c1-12-11-14(13-7-5-6-8-16(13)19-12)15(18)9-10-17(2,3)20-4/h5-8,11,15H,9-10,18H2,1-4H3. The minimum Gasteiger partial charge on any atom is -0.379 e. The molecule has 1 aromatic carbocycles. The predicted octanol–water partition coefficient (Wildman–Crippen LogP) is 3.75. The lowest BCUT2D eigenvalue weighted by molar-refractivity contribution is 0.0125. The zero-order chi connectivity index (χ0) is 14.8. The first-order valence-corrected chi connectivity index (χ1v) is 7.10. The second-order valence-electron chi connectivity index (χ2n) is 5.98. The SMILES string of the molecule is COC(C)(C)CCC(N)c1cc(C)nc2ccccc12. The number of hydrogen-bond donors (Lipinski definition) is 1. The van der Waals surface area contributed by atoms with Crippen molar-refractivity contribution in [3.8, 4) is 0 Å². The summed E-state index contributed by atoms with van der Waals surface area (Å²) in [7, 11) is 1.75. The van der Waals surface area contributed by atoms with Gasteiger partial charge in [0.15, 0.2) is 0 Å². The molecule has 108 valence electrons. The third-order valence-corrected chi connectivity index (χ3v) is 3.89. The van der Waals surface area contributed by atoms with Crippen LogP contribution in [0.15, 0.2) is 30.3 Å². The Balaban J connectivity index is 2.28. The number of pyridine rings is 1. The van der Waals surface area contributed by atoms with Gasteiger partial charge in [-0.15, -0.1) is 0 Å². The number of fused-ring (bicyclic) bond motifs is 1. The number of benzene rings is 1. The molecule has 3 nitrogen and oxygen atoms in total. The fourth-order valence-corrected chi connectivity index (χ4v) is 2.41. The van der Waals surface area contributed by atoms with Crippen LogP contribution in [0.3, 0.4) is 0 Å². The lowest BCUT2D eigenvalue weighted by atomic mass is 9.93. The van der Waals surface area contributed by atoms with Crippen molar-refractivity contribution in [2.75, 3.05) is 7.11 Å². The van der Waals surface area contributed by atoms with Gasteiger partial charge in [0, 0.05) is 24.2 Å². The van der Waals surface area contributed by atoms with Gasteiger partial charge in [-0.1, -0.05) is 18.2 Å². The molecule has 2 aromatic rings. The van der Waals surface area contributed by atoms with Gasteiger partial charge in [0.05, 0.1) is 11.1 Å². The molecule has 0 radical (unpaired) electrons. The van der Waals surface area contributed by atoms with E-state index in [0.717, 1.165) is 29.4 Å². The molecule has 2 rings (SSSR count). The monoisotopic (exact) mass is 272 g/mol. The van der Waals surface area contributed by atoms with E-state index in [0.29, 0.717) is 0 Å². The number of aromatic nitrogens is 1. The summed E-state index contributed by atoms with van der Waals surface area (Å²) >= 11 is 0. The van der Waals surface area contributed by atoms with Gasteiger partial charge in [-0.25, -0.2) is 0 Å². The first kappa shape index (κ1) is 14.9. The second-order valence-corrected chi connectivity index (χ2v) is 5.98. The summed E-state index contributed by atoms with van der Waals surface area (Å²) in [6, 6.07) is 10.3. The van der Waals surface area contributed by atoms with Crippen LogP contribution in [0.2, 0.25) is 0 Å². The number of nitrogens with zero attached hydrogens (tertiary/aromatic N) is 1. The van der Waals surface area contributed by atoms with E-state index < -0.39 is 0 Å². The lowest BCUT2D eigenvalue weighted by Gasteiger charge is -2.25. The van der Waals surface area contributed by atoms with Crippen molar-refractivity contribution in [3.05, 3.63) is 41.6 Å². The molecule has 1 atom stereocenters. The van der Waals surface area contributed by atoms with Gasteiger partial charge >= 0.3 is 0 Å². The smallest absolute Gasteiger partial charge is 0.0708 e. The zero-order valence-electron chi connectivity index (χ0n) is 12.8. The zero-order valence-corrected chi connectivity index (χ0v) is 12.8. The van der Waals surface area contributed by atoms with Crippen LogP contribution in [0.1, 0.15) is 44.0 Å². The van der Waals surface area contributed by atoms with Crippen molar-refractivity contribution in [3.63, 3.8) is 0 Å². The van der Waals surface area contributed by atoms with Crippen molar-refractivity contribution in [1.29, 1.82) is 0 Å². The lowest BCUT2D eigenvalue weighted by Crippen LogP contribution is -2.24. The first-order chi connectivity index (χ1) is 9.43. The molecule has 0 amide bonds. The minimum absolute atomic E-state index is 0.0102. The molecular formula is C17H24N2O. The van der Waals surface area contributed by atoms with Crippen LogP contribution in [0.4, 0.5) is 0 Å². The molecule has 3 heteroatoms. The van der Waals surface area contributed by atoms with Gasteiger partial charge < -0.3 is 10.5 Å². The predicted molar refractivity (Wildman–Crippen MR) is 83.7 cm³/mol. The van der Waals surface area contributed by atoms with Crippen molar-refractivity contribution in [2.24, 2.45) is 5.73 Å². The molecule has 1 aromatic heterocycles. The summed E-state index contributed by atoms with van der Waals surface area (Å²) in [5.74, 6) is 0. The summed E-state index contributed by atoms with van der Waals surface area (Å²) in [5, 5.41) is 1.15. The second kappa shape index (κ2) is 5.90. The molecule has 0 saturated carbocycles. The van der Waals surface area contributed by atoms with Crippen molar-refractivity contribution in [2.45, 2.75) is 45.3 Å². The Kier molecular flexibility index (Phi) is 4.41. The highest BCUT2D eigenvalue weighted by Gasteiger charge is 2.19. The van der Waals surface area contributed by atoms with Crippen LogP contribution in [0, 0.1) is 6.92 Å². The quantitative estimate of drug-likeness (QED) is 0.901. The fraction of sp³-hybridized carbons (Fsp3) is 0.471. The van der Waals surface area contributed by atoms with Crippen LogP contribution >= 0.6 is 0 Å². The van der Waals surface area contributed by atoms with E-state index in [9.17, 15) is 0 Å². The van der Waals surface area contributed by atoms with E-state index >= 15 is 0 Å². The molecule has 20 heavy (non-hydrogen) atoms. The number of ether oxygens (including phenoxy) is 1. The van der Waals surface area contributed by atoms with Gasteiger partial charge in [-0.2, -0.15) is 0 Å². The van der Waals surface area contributed by atoms with Crippen LogP contribution in [-0.4, -0.2) is 17.7 Å². The van der Waals surface area contributed by atoms with Gasteiger partial charge in [-0.3, -0.25) is 4.98 Å². The summed E-state index contributed by atoms with van der Waals surface area (Å²) in [5.41, 5.74) is 9.49. The third-order valence-electron chi connectivity index (χ3n) is 3.89. The maximum atomic E-state index is 6.41. The van der Waals surface area contributed by atoms with E-state index in [2.05, 4.69) is 31.0 Å². The number of para-hydroxylation sites is 1.